The third-order valence-electron chi connectivity index (χ3n) is 3.31. The van der Waals surface area contributed by atoms with Gasteiger partial charge in [0.15, 0.2) is 5.66 Å². The lowest BCUT2D eigenvalue weighted by Crippen LogP contribution is -2.26. The molecule has 0 aromatic heterocycles. The minimum Gasteiger partial charge on any atom is -0.253 e. The maximum atomic E-state index is 6.14. The Labute approximate surface area is 104 Å². The molecule has 0 unspecified atom stereocenters. The smallest absolute Gasteiger partial charge is 0.151 e. The van der Waals surface area contributed by atoms with Crippen molar-refractivity contribution in [3.8, 4) is 0 Å². The van der Waals surface area contributed by atoms with Crippen molar-refractivity contribution in [2.75, 3.05) is 0 Å². The van der Waals surface area contributed by atoms with E-state index in [9.17, 15) is 0 Å². The van der Waals surface area contributed by atoms with Crippen LogP contribution in [-0.2, 0) is 0 Å². The second-order valence-electron chi connectivity index (χ2n) is 4.52. The minimum absolute atomic E-state index is 0.227. The monoisotopic (exact) mass is 254 g/mol. The molecule has 1 heterocycles. The largest absolute Gasteiger partial charge is 0.253 e. The van der Waals surface area contributed by atoms with Gasteiger partial charge in [-0.1, -0.05) is 29.6 Å². The van der Waals surface area contributed by atoms with Crippen molar-refractivity contribution in [2.24, 2.45) is 9.98 Å². The van der Waals surface area contributed by atoms with Gasteiger partial charge < -0.3 is 0 Å². The van der Waals surface area contributed by atoms with Crippen LogP contribution in [0.2, 0.25) is 10.0 Å². The van der Waals surface area contributed by atoms with Crippen LogP contribution in [0.5, 0.6) is 0 Å². The molecule has 2 nitrogen and oxygen atoms in total. The quantitative estimate of drug-likeness (QED) is 0.681. The van der Waals surface area contributed by atoms with Crippen molar-refractivity contribution in [2.45, 2.75) is 37.8 Å². The predicted octanol–water partition coefficient (Wildman–Crippen LogP) is 2.91. The molecule has 1 aliphatic carbocycles. The summed E-state index contributed by atoms with van der Waals surface area (Å²) in [5.41, 5.74) is -0.227. The molecule has 1 spiro atoms. The fraction of sp³-hybridized carbons (Fsp3) is 0.500. The minimum atomic E-state index is -0.227. The van der Waals surface area contributed by atoms with Crippen molar-refractivity contribution in [1.29, 1.82) is 0 Å². The van der Waals surface area contributed by atoms with E-state index in [-0.39, 0.29) is 5.66 Å². The Hall–Kier alpha value is -0.600. The van der Waals surface area contributed by atoms with E-state index in [1.165, 1.54) is 19.3 Å². The van der Waals surface area contributed by atoms with Crippen LogP contribution in [0.15, 0.2) is 22.1 Å². The molecule has 4 heteroatoms. The van der Waals surface area contributed by atoms with E-state index >= 15 is 0 Å². The van der Waals surface area contributed by atoms with Gasteiger partial charge in [0.05, 0.1) is 10.4 Å². The van der Waals surface area contributed by atoms with E-state index in [4.69, 9.17) is 33.2 Å². The summed E-state index contributed by atoms with van der Waals surface area (Å²) in [5, 5.41) is 2.94. The van der Waals surface area contributed by atoms with E-state index in [0.717, 1.165) is 23.6 Å². The van der Waals surface area contributed by atoms with Gasteiger partial charge in [-0.05, 0) is 37.8 Å². The van der Waals surface area contributed by atoms with Crippen LogP contribution >= 0.6 is 23.2 Å². The van der Waals surface area contributed by atoms with E-state index < -0.39 is 0 Å². The zero-order valence-electron chi connectivity index (χ0n) is 8.84. The van der Waals surface area contributed by atoms with Crippen molar-refractivity contribution in [3.05, 3.63) is 32.9 Å². The van der Waals surface area contributed by atoms with E-state index in [2.05, 4.69) is 0 Å². The first-order valence-electron chi connectivity index (χ1n) is 5.63. The third-order valence-corrected chi connectivity index (χ3v) is 3.82. The zero-order chi connectivity index (χ0) is 11.2. The van der Waals surface area contributed by atoms with E-state index in [1.54, 1.807) is 6.07 Å². The summed E-state index contributed by atoms with van der Waals surface area (Å²) >= 11 is 12.1. The van der Waals surface area contributed by atoms with E-state index in [0.29, 0.717) is 10.0 Å². The van der Waals surface area contributed by atoms with Crippen LogP contribution in [0.3, 0.4) is 0 Å². The Morgan fingerprint density at radius 3 is 2.50 bits per heavy atom. The molecule has 0 amide bonds. The molecule has 1 aromatic rings. The topological polar surface area (TPSA) is 24.7 Å². The number of fused-ring (bicyclic) bond motifs is 1. The van der Waals surface area contributed by atoms with E-state index in [1.807, 2.05) is 6.07 Å². The van der Waals surface area contributed by atoms with Gasteiger partial charge in [-0.25, -0.2) is 0 Å². The standard InChI is InChI=1S/C12H12Cl2N2/c13-8-6-9(14)11-10(7-8)15-12(16-11)4-2-1-3-5-12/h6-7H,1-5H2. The van der Waals surface area contributed by atoms with Gasteiger partial charge in [0, 0.05) is 5.02 Å². The van der Waals surface area contributed by atoms with Crippen molar-refractivity contribution in [3.63, 3.8) is 0 Å². The summed E-state index contributed by atoms with van der Waals surface area (Å²) in [6.07, 6.45) is 5.77. The maximum Gasteiger partial charge on any atom is 0.151 e. The van der Waals surface area contributed by atoms with Gasteiger partial charge in [-0.3, -0.25) is 9.98 Å². The first-order valence-corrected chi connectivity index (χ1v) is 6.39. The number of hydrogen-bond donors (Lipinski definition) is 0. The number of hydrogen-bond acceptors (Lipinski definition) is 2. The lowest BCUT2D eigenvalue weighted by molar-refractivity contribution is 0.309. The van der Waals surface area contributed by atoms with Crippen LogP contribution in [0.25, 0.3) is 0 Å². The molecular formula is C12H12Cl2N2. The van der Waals surface area contributed by atoms with Crippen LogP contribution in [-0.4, -0.2) is 5.66 Å². The average molecular weight is 255 g/mol. The summed E-state index contributed by atoms with van der Waals surface area (Å²) in [7, 11) is 0. The molecule has 2 aliphatic rings. The summed E-state index contributed by atoms with van der Waals surface area (Å²) in [5.74, 6) is 0. The van der Waals surface area contributed by atoms with Gasteiger partial charge in [0.1, 0.15) is 5.36 Å². The predicted molar refractivity (Wildman–Crippen MR) is 64.6 cm³/mol. The first kappa shape index (κ1) is 10.5. The first-order chi connectivity index (χ1) is 7.69. The van der Waals surface area contributed by atoms with Gasteiger partial charge in [-0.15, -0.1) is 0 Å². The summed E-state index contributed by atoms with van der Waals surface area (Å²) < 4.78 is 0. The van der Waals surface area contributed by atoms with Gasteiger partial charge in [0.25, 0.3) is 0 Å². The molecule has 1 fully saturated rings. The molecule has 16 heavy (non-hydrogen) atoms. The second kappa shape index (κ2) is 3.71. The zero-order valence-corrected chi connectivity index (χ0v) is 10.4. The SMILES string of the molecule is Clc1cc(Cl)c2c(c1)=NC1(CCCCC1)N=2. The molecule has 0 bridgehead atoms. The maximum absolute atomic E-state index is 6.14. The van der Waals surface area contributed by atoms with Crippen molar-refractivity contribution in [1.82, 2.24) is 0 Å². The van der Waals surface area contributed by atoms with Crippen LogP contribution in [0, 0.1) is 0 Å². The molecule has 0 atom stereocenters. The van der Waals surface area contributed by atoms with Gasteiger partial charge >= 0.3 is 0 Å². The molecule has 1 aliphatic heterocycles. The van der Waals surface area contributed by atoms with Crippen LogP contribution < -0.4 is 10.7 Å². The Kier molecular flexibility index (Phi) is 2.45. The average Bonchev–Trinajstić information content (AvgIpc) is 2.57. The Morgan fingerprint density at radius 1 is 1.00 bits per heavy atom. The van der Waals surface area contributed by atoms with Crippen LogP contribution in [0.4, 0.5) is 0 Å². The third kappa shape index (κ3) is 1.64. The van der Waals surface area contributed by atoms with Crippen molar-refractivity contribution >= 4 is 23.2 Å². The molecule has 1 aromatic carbocycles. The fourth-order valence-corrected chi connectivity index (χ4v) is 3.07. The normalized spacial score (nSPS) is 21.4. The van der Waals surface area contributed by atoms with Gasteiger partial charge in [0.2, 0.25) is 0 Å². The number of rotatable bonds is 0. The highest BCUT2D eigenvalue weighted by molar-refractivity contribution is 6.34. The summed E-state index contributed by atoms with van der Waals surface area (Å²) in [6.45, 7) is 0. The Morgan fingerprint density at radius 2 is 1.75 bits per heavy atom. The molecule has 3 rings (SSSR count). The number of benzene rings is 1. The highest BCUT2D eigenvalue weighted by atomic mass is 35.5. The Balaban J connectivity index is 2.18. The highest BCUT2D eigenvalue weighted by Gasteiger charge is 2.33. The summed E-state index contributed by atoms with van der Waals surface area (Å²) in [6, 6.07) is 3.60. The molecule has 1 saturated carbocycles. The molecular weight excluding hydrogens is 243 g/mol. The van der Waals surface area contributed by atoms with Crippen molar-refractivity contribution < 1.29 is 0 Å². The molecule has 0 N–H and O–H groups in total. The highest BCUT2D eigenvalue weighted by Crippen LogP contribution is 2.33. The van der Waals surface area contributed by atoms with Crippen LogP contribution in [0.1, 0.15) is 32.1 Å². The molecule has 0 saturated heterocycles. The fourth-order valence-electron chi connectivity index (χ4n) is 2.55. The second-order valence-corrected chi connectivity index (χ2v) is 5.37. The Bertz CT molecular complexity index is 545. The molecule has 0 radical (unpaired) electrons. The number of halogens is 2. The number of nitrogens with zero attached hydrogens (tertiary/aromatic N) is 2. The lowest BCUT2D eigenvalue weighted by Gasteiger charge is -2.27. The molecule has 84 valence electrons. The summed E-state index contributed by atoms with van der Waals surface area (Å²) in [4.78, 5) is 9.45. The lowest BCUT2D eigenvalue weighted by atomic mass is 9.90. The van der Waals surface area contributed by atoms with Gasteiger partial charge in [-0.2, -0.15) is 0 Å².